The van der Waals surface area contributed by atoms with Crippen molar-refractivity contribution in [3.8, 4) is 5.69 Å². The number of rotatable bonds is 3. The molecule has 0 bridgehead atoms. The number of para-hydroxylation sites is 1. The Labute approximate surface area is 137 Å². The molecule has 0 aliphatic rings. The number of hydrogen-bond donors (Lipinski definition) is 1. The van der Waals surface area contributed by atoms with Gasteiger partial charge in [-0.15, -0.1) is 0 Å². The maximum atomic E-state index is 14.1. The van der Waals surface area contributed by atoms with Crippen LogP contribution in [0.1, 0.15) is 5.56 Å². The molecule has 0 saturated carbocycles. The summed E-state index contributed by atoms with van der Waals surface area (Å²) in [5.41, 5.74) is 2.97. The van der Waals surface area contributed by atoms with Crippen molar-refractivity contribution in [3.63, 3.8) is 0 Å². The van der Waals surface area contributed by atoms with Gasteiger partial charge in [0, 0.05) is 5.69 Å². The predicted molar refractivity (Wildman–Crippen MR) is 91.1 cm³/mol. The maximum absolute atomic E-state index is 14.1. The molecule has 0 aliphatic carbocycles. The summed E-state index contributed by atoms with van der Waals surface area (Å²) in [7, 11) is 0. The van der Waals surface area contributed by atoms with Crippen LogP contribution in [0.5, 0.6) is 0 Å². The molecule has 0 spiro atoms. The van der Waals surface area contributed by atoms with Gasteiger partial charge in [0.1, 0.15) is 23.6 Å². The smallest absolute Gasteiger partial charge is 0.168 e. The highest BCUT2D eigenvalue weighted by Crippen LogP contribution is 2.25. The molecule has 2 aromatic carbocycles. The van der Waals surface area contributed by atoms with Gasteiger partial charge in [0.15, 0.2) is 5.65 Å². The third-order valence-electron chi connectivity index (χ3n) is 3.73. The molecule has 0 unspecified atom stereocenters. The highest BCUT2D eigenvalue weighted by molar-refractivity contribution is 5.89. The first-order valence-electron chi connectivity index (χ1n) is 7.50. The fourth-order valence-corrected chi connectivity index (χ4v) is 2.60. The third kappa shape index (κ3) is 2.48. The average molecular weight is 319 g/mol. The van der Waals surface area contributed by atoms with Gasteiger partial charge in [0.05, 0.1) is 11.6 Å². The molecule has 0 fully saturated rings. The Bertz CT molecular complexity index is 1020. The first-order valence-corrected chi connectivity index (χ1v) is 7.50. The molecular formula is C18H14FN5. The number of anilines is 2. The molecular weight excluding hydrogens is 305 g/mol. The van der Waals surface area contributed by atoms with Crippen LogP contribution < -0.4 is 5.32 Å². The summed E-state index contributed by atoms with van der Waals surface area (Å²) in [6, 6.07) is 14.4. The van der Waals surface area contributed by atoms with E-state index in [1.165, 1.54) is 17.1 Å². The summed E-state index contributed by atoms with van der Waals surface area (Å²) in [6.45, 7) is 2.02. The summed E-state index contributed by atoms with van der Waals surface area (Å²) in [5.74, 6) is 0.280. The number of nitrogens with zero attached hydrogens (tertiary/aromatic N) is 4. The second kappa shape index (κ2) is 5.73. The summed E-state index contributed by atoms with van der Waals surface area (Å²) < 4.78 is 15.5. The van der Waals surface area contributed by atoms with Crippen molar-refractivity contribution in [3.05, 3.63) is 72.4 Å². The molecule has 24 heavy (non-hydrogen) atoms. The van der Waals surface area contributed by atoms with Crippen LogP contribution in [-0.2, 0) is 0 Å². The van der Waals surface area contributed by atoms with Crippen molar-refractivity contribution in [2.45, 2.75) is 6.92 Å². The summed E-state index contributed by atoms with van der Waals surface area (Å²) in [4.78, 5) is 8.55. The van der Waals surface area contributed by atoms with Crippen molar-refractivity contribution >= 4 is 22.5 Å². The lowest BCUT2D eigenvalue weighted by Crippen LogP contribution is -2.01. The lowest BCUT2D eigenvalue weighted by atomic mass is 10.2. The van der Waals surface area contributed by atoms with E-state index >= 15 is 0 Å². The van der Waals surface area contributed by atoms with Gasteiger partial charge >= 0.3 is 0 Å². The van der Waals surface area contributed by atoms with E-state index < -0.39 is 0 Å². The van der Waals surface area contributed by atoms with E-state index in [1.54, 1.807) is 24.4 Å². The van der Waals surface area contributed by atoms with Crippen LogP contribution in [0.15, 0.2) is 61.1 Å². The van der Waals surface area contributed by atoms with E-state index in [0.717, 1.165) is 16.6 Å². The number of halogens is 1. The van der Waals surface area contributed by atoms with Crippen LogP contribution in [0.25, 0.3) is 16.7 Å². The Morgan fingerprint density at radius 2 is 1.92 bits per heavy atom. The number of benzene rings is 2. The minimum Gasteiger partial charge on any atom is -0.340 e. The largest absolute Gasteiger partial charge is 0.340 e. The van der Waals surface area contributed by atoms with Crippen molar-refractivity contribution < 1.29 is 4.39 Å². The number of hydrogen-bond acceptors (Lipinski definition) is 4. The molecule has 4 rings (SSSR count). The first kappa shape index (κ1) is 14.3. The second-order valence-electron chi connectivity index (χ2n) is 5.46. The van der Waals surface area contributed by atoms with E-state index in [-0.39, 0.29) is 5.82 Å². The van der Waals surface area contributed by atoms with Gasteiger partial charge < -0.3 is 5.32 Å². The molecule has 4 aromatic rings. The number of nitrogens with one attached hydrogen (secondary N) is 1. The number of aryl methyl sites for hydroxylation is 1. The molecule has 118 valence electrons. The molecule has 5 nitrogen and oxygen atoms in total. The molecule has 1 N–H and O–H groups in total. The zero-order valence-corrected chi connectivity index (χ0v) is 12.9. The SMILES string of the molecule is Cc1cccc(Nc2ncnc3c2cnn3-c2ccccc2F)c1. The molecule has 0 aliphatic heterocycles. The van der Waals surface area contributed by atoms with Crippen LogP contribution in [0, 0.1) is 12.7 Å². The van der Waals surface area contributed by atoms with Crippen LogP contribution >= 0.6 is 0 Å². The van der Waals surface area contributed by atoms with E-state index in [4.69, 9.17) is 0 Å². The number of fused-ring (bicyclic) bond motifs is 1. The van der Waals surface area contributed by atoms with E-state index in [1.807, 2.05) is 31.2 Å². The van der Waals surface area contributed by atoms with E-state index in [9.17, 15) is 4.39 Å². The predicted octanol–water partition coefficient (Wildman–Crippen LogP) is 4.01. The Morgan fingerprint density at radius 1 is 1.04 bits per heavy atom. The van der Waals surface area contributed by atoms with Crippen LogP contribution in [-0.4, -0.2) is 19.7 Å². The summed E-state index contributed by atoms with van der Waals surface area (Å²) >= 11 is 0. The molecule has 2 heterocycles. The Morgan fingerprint density at radius 3 is 2.75 bits per heavy atom. The number of aromatic nitrogens is 4. The third-order valence-corrected chi connectivity index (χ3v) is 3.73. The monoisotopic (exact) mass is 319 g/mol. The highest BCUT2D eigenvalue weighted by atomic mass is 19.1. The maximum Gasteiger partial charge on any atom is 0.168 e. The molecule has 0 radical (unpaired) electrons. The summed E-state index contributed by atoms with van der Waals surface area (Å²) in [5, 5.41) is 8.27. The lowest BCUT2D eigenvalue weighted by Gasteiger charge is -2.08. The standard InChI is InChI=1S/C18H14FN5/c1-12-5-4-6-13(9-12)23-17-14-10-22-24(18(14)21-11-20-17)16-8-3-2-7-15(16)19/h2-11H,1H3,(H,20,21,23). The molecule has 0 atom stereocenters. The molecule has 6 heteroatoms. The Balaban J connectivity index is 1.81. The molecule has 0 saturated heterocycles. The molecule has 0 amide bonds. The zero-order valence-electron chi connectivity index (χ0n) is 12.9. The topological polar surface area (TPSA) is 55.6 Å². The zero-order chi connectivity index (χ0) is 16.5. The normalized spacial score (nSPS) is 10.9. The van der Waals surface area contributed by atoms with Gasteiger partial charge in [0.2, 0.25) is 0 Å². The quantitative estimate of drug-likeness (QED) is 0.620. The highest BCUT2D eigenvalue weighted by Gasteiger charge is 2.13. The minimum absolute atomic E-state index is 0.352. The van der Waals surface area contributed by atoms with Crippen molar-refractivity contribution in [2.24, 2.45) is 0 Å². The fraction of sp³-hybridized carbons (Fsp3) is 0.0556. The van der Waals surface area contributed by atoms with Crippen LogP contribution in [0.3, 0.4) is 0 Å². The van der Waals surface area contributed by atoms with Gasteiger partial charge in [0.25, 0.3) is 0 Å². The fourth-order valence-electron chi connectivity index (χ4n) is 2.60. The van der Waals surface area contributed by atoms with Crippen LogP contribution in [0.2, 0.25) is 0 Å². The lowest BCUT2D eigenvalue weighted by molar-refractivity contribution is 0.612. The van der Waals surface area contributed by atoms with Gasteiger partial charge in [-0.25, -0.2) is 19.0 Å². The van der Waals surface area contributed by atoms with Gasteiger partial charge in [-0.3, -0.25) is 0 Å². The van der Waals surface area contributed by atoms with Gasteiger partial charge in [-0.1, -0.05) is 24.3 Å². The average Bonchev–Trinajstić information content (AvgIpc) is 3.00. The second-order valence-corrected chi connectivity index (χ2v) is 5.46. The van der Waals surface area contributed by atoms with Crippen molar-refractivity contribution in [1.29, 1.82) is 0 Å². The van der Waals surface area contributed by atoms with Gasteiger partial charge in [-0.2, -0.15) is 5.10 Å². The van der Waals surface area contributed by atoms with Crippen molar-refractivity contribution in [1.82, 2.24) is 19.7 Å². The summed E-state index contributed by atoms with van der Waals surface area (Å²) in [6.07, 6.45) is 3.08. The Hall–Kier alpha value is -3.28. The van der Waals surface area contributed by atoms with Gasteiger partial charge in [-0.05, 0) is 36.8 Å². The Kier molecular flexibility index (Phi) is 3.42. The van der Waals surface area contributed by atoms with Crippen LogP contribution in [0.4, 0.5) is 15.9 Å². The molecule has 2 aromatic heterocycles. The minimum atomic E-state index is -0.352. The first-order chi connectivity index (χ1) is 11.7. The van der Waals surface area contributed by atoms with E-state index in [2.05, 4.69) is 20.4 Å². The van der Waals surface area contributed by atoms with Crippen molar-refractivity contribution in [2.75, 3.05) is 5.32 Å². The van der Waals surface area contributed by atoms with E-state index in [0.29, 0.717) is 17.2 Å².